The number of hydrogen-bond acceptors (Lipinski definition) is 4. The van der Waals surface area contributed by atoms with Crippen LogP contribution in [0.15, 0.2) is 4.99 Å². The standard InChI is InChI=1S/C8H15N3.C3H6O2/c1-10-5-3-7-11-6-2-4-9-8(10)11;1-2-3(4)5/h2-7H2,1H3;2H2,1H3,(H,4,5). The number of carboxylic acid groups (broad SMARTS) is 1. The zero-order valence-electron chi connectivity index (χ0n) is 10.1. The largest absolute Gasteiger partial charge is 0.481 e. The average Bonchev–Trinajstić information content (AvgIpc) is 2.30. The molecule has 5 nitrogen and oxygen atoms in total. The van der Waals surface area contributed by atoms with Crippen LogP contribution in [0.3, 0.4) is 0 Å². The monoisotopic (exact) mass is 227 g/mol. The Morgan fingerprint density at radius 1 is 1.38 bits per heavy atom. The van der Waals surface area contributed by atoms with Crippen LogP contribution in [0.2, 0.25) is 0 Å². The minimum absolute atomic E-state index is 0.222. The van der Waals surface area contributed by atoms with Crippen LogP contribution in [0.5, 0.6) is 0 Å². The first-order chi connectivity index (χ1) is 7.65. The lowest BCUT2D eigenvalue weighted by atomic mass is 10.2. The van der Waals surface area contributed by atoms with Crippen molar-refractivity contribution in [1.29, 1.82) is 0 Å². The second-order valence-electron chi connectivity index (χ2n) is 4.04. The molecule has 2 heterocycles. The number of carbonyl (C=O) groups is 1. The molecule has 92 valence electrons. The van der Waals surface area contributed by atoms with Crippen LogP contribution in [0.4, 0.5) is 0 Å². The Morgan fingerprint density at radius 2 is 2.00 bits per heavy atom. The molecule has 0 atom stereocenters. The molecule has 0 aromatic carbocycles. The van der Waals surface area contributed by atoms with Gasteiger partial charge in [-0.15, -0.1) is 0 Å². The first kappa shape index (κ1) is 12.8. The molecular formula is C11H21N3O2. The third kappa shape index (κ3) is 3.72. The Kier molecular flexibility index (Phi) is 5.08. The van der Waals surface area contributed by atoms with Gasteiger partial charge in [0.05, 0.1) is 0 Å². The normalized spacial score (nSPS) is 19.2. The maximum absolute atomic E-state index is 9.37. The minimum Gasteiger partial charge on any atom is -0.481 e. The predicted molar refractivity (Wildman–Crippen MR) is 63.7 cm³/mol. The summed E-state index contributed by atoms with van der Waals surface area (Å²) >= 11 is 0. The Bertz CT molecular complexity index is 266. The van der Waals surface area contributed by atoms with Crippen molar-refractivity contribution in [1.82, 2.24) is 9.80 Å². The number of guanidine groups is 1. The van der Waals surface area contributed by atoms with Crippen LogP contribution in [0, 0.1) is 0 Å². The van der Waals surface area contributed by atoms with Crippen LogP contribution in [0.1, 0.15) is 26.2 Å². The van der Waals surface area contributed by atoms with E-state index in [0.717, 1.165) is 6.54 Å². The molecule has 0 spiro atoms. The number of rotatable bonds is 1. The summed E-state index contributed by atoms with van der Waals surface area (Å²) in [5, 5.41) is 7.72. The van der Waals surface area contributed by atoms with E-state index in [4.69, 9.17) is 5.11 Å². The Balaban J connectivity index is 0.000000221. The molecule has 2 aliphatic rings. The third-order valence-corrected chi connectivity index (χ3v) is 2.69. The molecule has 0 aliphatic carbocycles. The van der Waals surface area contributed by atoms with Crippen molar-refractivity contribution in [2.24, 2.45) is 4.99 Å². The van der Waals surface area contributed by atoms with Gasteiger partial charge in [-0.25, -0.2) is 0 Å². The fourth-order valence-corrected chi connectivity index (χ4v) is 1.81. The number of hydrogen-bond donors (Lipinski definition) is 1. The lowest BCUT2D eigenvalue weighted by molar-refractivity contribution is -0.136. The molecule has 0 radical (unpaired) electrons. The minimum atomic E-state index is -0.745. The summed E-state index contributed by atoms with van der Waals surface area (Å²) in [6, 6.07) is 0. The molecule has 0 aromatic heterocycles. The number of aliphatic carboxylic acids is 1. The van der Waals surface area contributed by atoms with E-state index in [1.807, 2.05) is 0 Å². The molecule has 1 saturated heterocycles. The third-order valence-electron chi connectivity index (χ3n) is 2.69. The Hall–Kier alpha value is -1.26. The SMILES string of the molecule is CCC(=O)O.CN1CCCN2CCCN=C12. The highest BCUT2D eigenvalue weighted by molar-refractivity contribution is 5.81. The molecule has 16 heavy (non-hydrogen) atoms. The Morgan fingerprint density at radius 3 is 2.56 bits per heavy atom. The molecule has 2 aliphatic heterocycles. The van der Waals surface area contributed by atoms with E-state index in [0.29, 0.717) is 0 Å². The number of nitrogens with zero attached hydrogens (tertiary/aromatic N) is 3. The van der Waals surface area contributed by atoms with E-state index in [1.54, 1.807) is 6.92 Å². The van der Waals surface area contributed by atoms with Gasteiger partial charge in [-0.2, -0.15) is 0 Å². The van der Waals surface area contributed by atoms with E-state index in [9.17, 15) is 4.79 Å². The molecule has 1 N–H and O–H groups in total. The van der Waals surface area contributed by atoms with Gasteiger partial charge in [0.15, 0.2) is 5.96 Å². The van der Waals surface area contributed by atoms with Crippen molar-refractivity contribution in [3.63, 3.8) is 0 Å². The molecule has 0 unspecified atom stereocenters. The van der Waals surface area contributed by atoms with Crippen LogP contribution in [-0.2, 0) is 4.79 Å². The molecule has 0 amide bonds. The molecule has 5 heteroatoms. The number of carboxylic acids is 1. The molecular weight excluding hydrogens is 206 g/mol. The zero-order chi connectivity index (χ0) is 12.0. The maximum atomic E-state index is 9.37. The summed E-state index contributed by atoms with van der Waals surface area (Å²) in [7, 11) is 2.14. The van der Waals surface area contributed by atoms with Gasteiger partial charge in [-0.3, -0.25) is 9.79 Å². The van der Waals surface area contributed by atoms with Gasteiger partial charge in [-0.05, 0) is 12.8 Å². The average molecular weight is 227 g/mol. The molecule has 1 fully saturated rings. The second-order valence-corrected chi connectivity index (χ2v) is 4.04. The van der Waals surface area contributed by atoms with Crippen LogP contribution >= 0.6 is 0 Å². The van der Waals surface area contributed by atoms with Crippen LogP contribution in [-0.4, -0.2) is 60.1 Å². The van der Waals surface area contributed by atoms with Crippen LogP contribution < -0.4 is 0 Å². The van der Waals surface area contributed by atoms with Gasteiger partial charge in [0, 0.05) is 39.6 Å². The smallest absolute Gasteiger partial charge is 0.303 e. The van der Waals surface area contributed by atoms with Gasteiger partial charge in [0.2, 0.25) is 0 Å². The fourth-order valence-electron chi connectivity index (χ4n) is 1.81. The maximum Gasteiger partial charge on any atom is 0.303 e. The number of fused-ring (bicyclic) bond motifs is 1. The van der Waals surface area contributed by atoms with Crippen molar-refractivity contribution in [2.75, 3.05) is 33.2 Å². The van der Waals surface area contributed by atoms with E-state index >= 15 is 0 Å². The van der Waals surface area contributed by atoms with Crippen molar-refractivity contribution >= 4 is 11.9 Å². The zero-order valence-corrected chi connectivity index (χ0v) is 10.1. The van der Waals surface area contributed by atoms with E-state index in [1.165, 1.54) is 38.4 Å². The summed E-state index contributed by atoms with van der Waals surface area (Å²) in [6.45, 7) is 6.22. The summed E-state index contributed by atoms with van der Waals surface area (Å²) in [4.78, 5) is 18.5. The van der Waals surface area contributed by atoms with Gasteiger partial charge >= 0.3 is 5.97 Å². The second kappa shape index (κ2) is 6.35. The topological polar surface area (TPSA) is 56.1 Å². The summed E-state index contributed by atoms with van der Waals surface area (Å²) < 4.78 is 0. The van der Waals surface area contributed by atoms with Crippen molar-refractivity contribution in [3.05, 3.63) is 0 Å². The van der Waals surface area contributed by atoms with Crippen LogP contribution in [0.25, 0.3) is 0 Å². The lowest BCUT2D eigenvalue weighted by Crippen LogP contribution is -2.50. The predicted octanol–water partition coefficient (Wildman–Crippen LogP) is 0.865. The summed E-state index contributed by atoms with van der Waals surface area (Å²) in [5.41, 5.74) is 0. The Labute approximate surface area is 96.8 Å². The first-order valence-electron chi connectivity index (χ1n) is 5.87. The van der Waals surface area contributed by atoms with E-state index in [-0.39, 0.29) is 6.42 Å². The van der Waals surface area contributed by atoms with Gasteiger partial charge < -0.3 is 14.9 Å². The van der Waals surface area contributed by atoms with Gasteiger partial charge in [0.25, 0.3) is 0 Å². The highest BCUT2D eigenvalue weighted by atomic mass is 16.4. The highest BCUT2D eigenvalue weighted by Crippen LogP contribution is 2.11. The highest BCUT2D eigenvalue weighted by Gasteiger charge is 2.22. The van der Waals surface area contributed by atoms with E-state index < -0.39 is 5.97 Å². The van der Waals surface area contributed by atoms with Gasteiger partial charge in [0.1, 0.15) is 0 Å². The lowest BCUT2D eigenvalue weighted by Gasteiger charge is -2.39. The summed E-state index contributed by atoms with van der Waals surface area (Å²) in [5.74, 6) is 0.479. The van der Waals surface area contributed by atoms with Crippen molar-refractivity contribution < 1.29 is 9.90 Å². The number of aliphatic imine (C=N–C) groups is 1. The van der Waals surface area contributed by atoms with E-state index in [2.05, 4.69) is 21.8 Å². The van der Waals surface area contributed by atoms with Crippen molar-refractivity contribution in [3.8, 4) is 0 Å². The van der Waals surface area contributed by atoms with Gasteiger partial charge in [-0.1, -0.05) is 6.92 Å². The first-order valence-corrected chi connectivity index (χ1v) is 5.87. The fraction of sp³-hybridized carbons (Fsp3) is 0.818. The molecule has 0 bridgehead atoms. The molecule has 2 rings (SSSR count). The quantitative estimate of drug-likeness (QED) is 0.722. The molecule has 0 saturated carbocycles. The molecule has 0 aromatic rings. The van der Waals surface area contributed by atoms with Crippen molar-refractivity contribution in [2.45, 2.75) is 26.2 Å². The summed E-state index contributed by atoms with van der Waals surface area (Å²) in [6.07, 6.45) is 2.74.